The van der Waals surface area contributed by atoms with Crippen LogP contribution in [0.25, 0.3) is 22.0 Å². The molecule has 1 N–H and O–H groups in total. The first-order chi connectivity index (χ1) is 13.7. The number of benzene rings is 3. The summed E-state index contributed by atoms with van der Waals surface area (Å²) < 4.78 is 24.3. The van der Waals surface area contributed by atoms with Gasteiger partial charge in [0.15, 0.2) is 17.3 Å². The van der Waals surface area contributed by atoms with Crippen LogP contribution < -0.4 is 14.8 Å². The van der Waals surface area contributed by atoms with E-state index in [1.807, 2.05) is 42.5 Å². The molecule has 0 saturated carbocycles. The van der Waals surface area contributed by atoms with Gasteiger partial charge in [0.05, 0.1) is 14.2 Å². The molecule has 0 aliphatic carbocycles. The number of ether oxygens (including phenoxy) is 2. The third-order valence-electron chi connectivity index (χ3n) is 4.44. The van der Waals surface area contributed by atoms with E-state index >= 15 is 0 Å². The molecule has 0 amide bonds. The van der Waals surface area contributed by atoms with Gasteiger partial charge in [-0.05, 0) is 48.5 Å². The highest BCUT2D eigenvalue weighted by Gasteiger charge is 2.16. The summed E-state index contributed by atoms with van der Waals surface area (Å²) in [5.74, 6) is 1.46. The van der Waals surface area contributed by atoms with Gasteiger partial charge < -0.3 is 14.8 Å². The van der Waals surface area contributed by atoms with Crippen LogP contribution in [0, 0.1) is 5.82 Å². The van der Waals surface area contributed by atoms with Gasteiger partial charge in [-0.1, -0.05) is 18.2 Å². The van der Waals surface area contributed by atoms with Crippen LogP contribution >= 0.6 is 0 Å². The van der Waals surface area contributed by atoms with Crippen LogP contribution in [0.2, 0.25) is 0 Å². The molecule has 4 aromatic rings. The van der Waals surface area contributed by atoms with E-state index in [0.29, 0.717) is 23.0 Å². The van der Waals surface area contributed by atoms with Gasteiger partial charge in [0, 0.05) is 22.0 Å². The summed E-state index contributed by atoms with van der Waals surface area (Å²) in [6.45, 7) is 0. The maximum Gasteiger partial charge on any atom is 0.161 e. The Morgan fingerprint density at radius 1 is 0.786 bits per heavy atom. The summed E-state index contributed by atoms with van der Waals surface area (Å²) in [4.78, 5) is 0. The molecular weight excluding hydrogens is 357 g/mol. The van der Waals surface area contributed by atoms with Gasteiger partial charge in [0.2, 0.25) is 0 Å². The molecule has 0 spiro atoms. The molecule has 3 aromatic carbocycles. The predicted octanol–water partition coefficient (Wildman–Crippen LogP) is 5.20. The minimum absolute atomic E-state index is 0.303. The van der Waals surface area contributed by atoms with E-state index in [1.165, 1.54) is 12.1 Å². The van der Waals surface area contributed by atoms with Gasteiger partial charge in [0.1, 0.15) is 11.5 Å². The van der Waals surface area contributed by atoms with Crippen molar-refractivity contribution in [3.8, 4) is 22.8 Å². The van der Waals surface area contributed by atoms with Gasteiger partial charge in [-0.2, -0.15) is 0 Å². The van der Waals surface area contributed by atoms with Crippen LogP contribution in [-0.4, -0.2) is 24.4 Å². The summed E-state index contributed by atoms with van der Waals surface area (Å²) in [6.07, 6.45) is 0. The van der Waals surface area contributed by atoms with Crippen molar-refractivity contribution in [3.63, 3.8) is 0 Å². The number of rotatable bonds is 5. The second kappa shape index (κ2) is 7.52. The molecule has 28 heavy (non-hydrogen) atoms. The number of nitrogens with zero attached hydrogens (tertiary/aromatic N) is 2. The highest BCUT2D eigenvalue weighted by atomic mass is 19.1. The maximum absolute atomic E-state index is 13.4. The van der Waals surface area contributed by atoms with Crippen LogP contribution in [-0.2, 0) is 0 Å². The van der Waals surface area contributed by atoms with E-state index in [1.54, 1.807) is 26.4 Å². The minimum Gasteiger partial charge on any atom is -0.493 e. The Balaban J connectivity index is 1.94. The summed E-state index contributed by atoms with van der Waals surface area (Å²) in [5, 5.41) is 13.7. The first kappa shape index (κ1) is 17.7. The van der Waals surface area contributed by atoms with Gasteiger partial charge in [-0.25, -0.2) is 4.39 Å². The first-order valence-electron chi connectivity index (χ1n) is 8.70. The van der Waals surface area contributed by atoms with Crippen molar-refractivity contribution in [2.24, 2.45) is 0 Å². The SMILES string of the molecule is COc1cc2c(Nc3ccccc3)nnc(-c3ccc(F)cc3)c2cc1OC. The van der Waals surface area contributed by atoms with Gasteiger partial charge in [0.25, 0.3) is 0 Å². The summed E-state index contributed by atoms with van der Waals surface area (Å²) in [7, 11) is 3.17. The number of hydrogen-bond donors (Lipinski definition) is 1. The quantitative estimate of drug-likeness (QED) is 0.520. The van der Waals surface area contributed by atoms with Crippen LogP contribution in [0.5, 0.6) is 11.5 Å². The fourth-order valence-corrected chi connectivity index (χ4v) is 3.05. The lowest BCUT2D eigenvalue weighted by Gasteiger charge is -2.14. The molecular formula is C22H18FN3O2. The number of methoxy groups -OCH3 is 2. The lowest BCUT2D eigenvalue weighted by molar-refractivity contribution is 0.356. The summed E-state index contributed by atoms with van der Waals surface area (Å²) in [6, 6.07) is 19.6. The smallest absolute Gasteiger partial charge is 0.161 e. The second-order valence-electron chi connectivity index (χ2n) is 6.15. The number of aromatic nitrogens is 2. The molecule has 0 fully saturated rings. The van der Waals surface area contributed by atoms with E-state index < -0.39 is 0 Å². The van der Waals surface area contributed by atoms with E-state index in [4.69, 9.17) is 9.47 Å². The molecule has 0 unspecified atom stereocenters. The third kappa shape index (κ3) is 3.32. The zero-order valence-corrected chi connectivity index (χ0v) is 15.4. The molecule has 0 aliphatic heterocycles. The number of anilines is 2. The average molecular weight is 375 g/mol. The molecule has 1 aromatic heterocycles. The average Bonchev–Trinajstić information content (AvgIpc) is 2.74. The van der Waals surface area contributed by atoms with Crippen molar-refractivity contribution in [3.05, 3.63) is 72.5 Å². The van der Waals surface area contributed by atoms with E-state index in [-0.39, 0.29) is 5.82 Å². The van der Waals surface area contributed by atoms with Crippen molar-refractivity contribution in [2.75, 3.05) is 19.5 Å². The Hall–Kier alpha value is -3.67. The van der Waals surface area contributed by atoms with Crippen LogP contribution in [0.1, 0.15) is 0 Å². The zero-order chi connectivity index (χ0) is 19.5. The molecule has 0 atom stereocenters. The second-order valence-corrected chi connectivity index (χ2v) is 6.15. The van der Waals surface area contributed by atoms with Gasteiger partial charge >= 0.3 is 0 Å². The van der Waals surface area contributed by atoms with Crippen LogP contribution in [0.4, 0.5) is 15.9 Å². The monoisotopic (exact) mass is 375 g/mol. The molecule has 0 bridgehead atoms. The molecule has 0 saturated heterocycles. The molecule has 5 nitrogen and oxygen atoms in total. The van der Waals surface area contributed by atoms with Crippen LogP contribution in [0.15, 0.2) is 66.7 Å². The Bertz CT molecular complexity index is 1120. The fourth-order valence-electron chi connectivity index (χ4n) is 3.05. The Morgan fingerprint density at radius 3 is 2.07 bits per heavy atom. The Labute approximate surface area is 161 Å². The summed E-state index contributed by atoms with van der Waals surface area (Å²) >= 11 is 0. The topological polar surface area (TPSA) is 56.3 Å². The minimum atomic E-state index is -0.303. The van der Waals surface area contributed by atoms with Gasteiger partial charge in [-0.15, -0.1) is 10.2 Å². The molecule has 1 heterocycles. The number of hydrogen-bond acceptors (Lipinski definition) is 5. The number of halogens is 1. The zero-order valence-electron chi connectivity index (χ0n) is 15.4. The van der Waals surface area contributed by atoms with Crippen LogP contribution in [0.3, 0.4) is 0 Å². The molecule has 140 valence electrons. The Kier molecular flexibility index (Phi) is 4.76. The molecule has 0 aliphatic rings. The molecule has 6 heteroatoms. The largest absolute Gasteiger partial charge is 0.493 e. The maximum atomic E-state index is 13.4. The van der Waals surface area contributed by atoms with Crippen molar-refractivity contribution in [1.29, 1.82) is 0 Å². The van der Waals surface area contributed by atoms with Crippen molar-refractivity contribution in [1.82, 2.24) is 10.2 Å². The number of nitrogens with one attached hydrogen (secondary N) is 1. The van der Waals surface area contributed by atoms with Gasteiger partial charge in [-0.3, -0.25) is 0 Å². The van der Waals surface area contributed by atoms with Crippen molar-refractivity contribution < 1.29 is 13.9 Å². The lowest BCUT2D eigenvalue weighted by Crippen LogP contribution is -2.00. The highest BCUT2D eigenvalue weighted by Crippen LogP contribution is 2.39. The van der Waals surface area contributed by atoms with E-state index in [2.05, 4.69) is 15.5 Å². The summed E-state index contributed by atoms with van der Waals surface area (Å²) in [5.41, 5.74) is 2.29. The van der Waals surface area contributed by atoms with E-state index in [0.717, 1.165) is 22.0 Å². The number of fused-ring (bicyclic) bond motifs is 1. The Morgan fingerprint density at radius 2 is 1.43 bits per heavy atom. The molecule has 0 radical (unpaired) electrons. The van der Waals surface area contributed by atoms with E-state index in [9.17, 15) is 4.39 Å². The molecule has 4 rings (SSSR count). The normalized spacial score (nSPS) is 10.7. The first-order valence-corrected chi connectivity index (χ1v) is 8.70. The lowest BCUT2D eigenvalue weighted by atomic mass is 10.0. The third-order valence-corrected chi connectivity index (χ3v) is 4.44. The van der Waals surface area contributed by atoms with Crippen molar-refractivity contribution in [2.45, 2.75) is 0 Å². The number of para-hydroxylation sites is 1. The fraction of sp³-hybridized carbons (Fsp3) is 0.0909. The standard InChI is InChI=1S/C22H18FN3O2/c1-27-19-12-17-18(13-20(19)28-2)22(24-16-6-4-3-5-7-16)26-25-21(17)14-8-10-15(23)11-9-14/h3-13H,1-2H3,(H,24,26). The van der Waals surface area contributed by atoms with Crippen molar-refractivity contribution >= 4 is 22.3 Å². The predicted molar refractivity (Wildman–Crippen MR) is 108 cm³/mol. The highest BCUT2D eigenvalue weighted by molar-refractivity contribution is 6.02.